The Bertz CT molecular complexity index is 959. The zero-order valence-corrected chi connectivity index (χ0v) is 17.3. The molecule has 2 aromatic rings. The van der Waals surface area contributed by atoms with Gasteiger partial charge in [-0.3, -0.25) is 0 Å². The molecule has 0 aromatic heterocycles. The lowest BCUT2D eigenvalue weighted by Gasteiger charge is -2.11. The maximum absolute atomic E-state index is 13.3. The molecule has 0 bridgehead atoms. The molecule has 3 rings (SSSR count). The molecular formula is C21H27FN4O2S. The van der Waals surface area contributed by atoms with Crippen molar-refractivity contribution in [3.05, 3.63) is 65.5 Å². The number of aliphatic imine (C=N–C) groups is 1. The molecule has 0 saturated heterocycles. The molecule has 0 heterocycles. The summed E-state index contributed by atoms with van der Waals surface area (Å²) in [5.74, 6) is 1.07. The summed E-state index contributed by atoms with van der Waals surface area (Å²) in [4.78, 5) is 4.71. The first kappa shape index (κ1) is 21.3. The van der Waals surface area contributed by atoms with E-state index in [9.17, 15) is 12.8 Å². The second-order valence-corrected chi connectivity index (χ2v) is 8.89. The molecular weight excluding hydrogens is 391 g/mol. The fraction of sp³-hybridized carbons (Fsp3) is 0.381. The van der Waals surface area contributed by atoms with E-state index in [1.807, 2.05) is 13.0 Å². The van der Waals surface area contributed by atoms with Gasteiger partial charge in [0.15, 0.2) is 5.96 Å². The molecule has 0 amide bonds. The Morgan fingerprint density at radius 3 is 2.59 bits per heavy atom. The van der Waals surface area contributed by atoms with E-state index in [0.29, 0.717) is 12.1 Å². The smallest absolute Gasteiger partial charge is 0.240 e. The summed E-state index contributed by atoms with van der Waals surface area (Å²) in [5, 5.41) is 6.52. The molecule has 0 atom stereocenters. The van der Waals surface area contributed by atoms with Gasteiger partial charge >= 0.3 is 0 Å². The van der Waals surface area contributed by atoms with E-state index in [4.69, 9.17) is 0 Å². The quantitative estimate of drug-likeness (QED) is 0.432. The van der Waals surface area contributed by atoms with Crippen molar-refractivity contribution in [1.82, 2.24) is 15.4 Å². The fourth-order valence-corrected chi connectivity index (χ4v) is 3.88. The molecule has 8 heteroatoms. The van der Waals surface area contributed by atoms with E-state index < -0.39 is 15.8 Å². The Morgan fingerprint density at radius 2 is 1.86 bits per heavy atom. The first-order valence-electron chi connectivity index (χ1n) is 9.81. The van der Waals surface area contributed by atoms with Crippen LogP contribution in [-0.2, 0) is 23.1 Å². The lowest BCUT2D eigenvalue weighted by Crippen LogP contribution is -2.38. The predicted molar refractivity (Wildman–Crippen MR) is 112 cm³/mol. The molecule has 0 spiro atoms. The first-order valence-corrected chi connectivity index (χ1v) is 11.3. The van der Waals surface area contributed by atoms with Gasteiger partial charge in [-0.05, 0) is 61.1 Å². The Labute approximate surface area is 171 Å². The summed E-state index contributed by atoms with van der Waals surface area (Å²) in [6.07, 6.45) is 2.52. The van der Waals surface area contributed by atoms with Crippen LogP contribution < -0.4 is 15.4 Å². The minimum Gasteiger partial charge on any atom is -0.357 e. The van der Waals surface area contributed by atoms with Gasteiger partial charge in [0.1, 0.15) is 5.82 Å². The van der Waals surface area contributed by atoms with Crippen molar-refractivity contribution >= 4 is 16.0 Å². The van der Waals surface area contributed by atoms with Gasteiger partial charge in [0.25, 0.3) is 0 Å². The van der Waals surface area contributed by atoms with Crippen molar-refractivity contribution in [3.63, 3.8) is 0 Å². The number of sulfonamides is 1. The van der Waals surface area contributed by atoms with E-state index >= 15 is 0 Å². The molecule has 2 aromatic carbocycles. The van der Waals surface area contributed by atoms with Crippen LogP contribution in [0.5, 0.6) is 0 Å². The number of nitrogens with one attached hydrogen (secondary N) is 3. The third-order valence-corrected chi connectivity index (χ3v) is 5.98. The summed E-state index contributed by atoms with van der Waals surface area (Å²) in [6.45, 7) is 4.07. The monoisotopic (exact) mass is 418 g/mol. The Hall–Kier alpha value is -2.45. The van der Waals surface area contributed by atoms with Crippen LogP contribution in [0.3, 0.4) is 0 Å². The minimum atomic E-state index is -3.71. The summed E-state index contributed by atoms with van der Waals surface area (Å²) in [6, 6.07) is 12.6. The van der Waals surface area contributed by atoms with Crippen LogP contribution in [0.4, 0.5) is 4.39 Å². The number of rotatable bonds is 9. The molecule has 1 aliphatic rings. The number of benzene rings is 2. The van der Waals surface area contributed by atoms with Gasteiger partial charge in [-0.2, -0.15) is 0 Å². The van der Waals surface area contributed by atoms with Crippen molar-refractivity contribution in [2.45, 2.75) is 37.8 Å². The Kier molecular flexibility index (Phi) is 7.22. The zero-order chi connectivity index (χ0) is 20.7. The van der Waals surface area contributed by atoms with Crippen LogP contribution in [0.25, 0.3) is 0 Å². The maximum Gasteiger partial charge on any atom is 0.240 e. The normalized spacial score (nSPS) is 14.6. The second kappa shape index (κ2) is 9.84. The highest BCUT2D eigenvalue weighted by Crippen LogP contribution is 2.27. The molecule has 6 nitrogen and oxygen atoms in total. The molecule has 29 heavy (non-hydrogen) atoms. The first-order chi connectivity index (χ1) is 14.0. The van der Waals surface area contributed by atoms with Crippen LogP contribution in [0, 0.1) is 11.7 Å². The van der Waals surface area contributed by atoms with Gasteiger partial charge in [-0.1, -0.05) is 24.3 Å². The Balaban J connectivity index is 1.64. The van der Waals surface area contributed by atoms with Crippen LogP contribution in [0.1, 0.15) is 30.9 Å². The topological polar surface area (TPSA) is 82.6 Å². The number of halogens is 1. The van der Waals surface area contributed by atoms with E-state index in [0.717, 1.165) is 30.5 Å². The largest absolute Gasteiger partial charge is 0.357 e. The second-order valence-electron chi connectivity index (χ2n) is 7.12. The van der Waals surface area contributed by atoms with Crippen molar-refractivity contribution in [2.75, 3.05) is 13.1 Å². The van der Waals surface area contributed by atoms with Gasteiger partial charge < -0.3 is 10.6 Å². The fourth-order valence-electron chi connectivity index (χ4n) is 2.79. The Morgan fingerprint density at radius 1 is 1.10 bits per heavy atom. The van der Waals surface area contributed by atoms with E-state index in [-0.39, 0.29) is 11.4 Å². The third kappa shape index (κ3) is 6.83. The van der Waals surface area contributed by atoms with E-state index in [1.54, 1.807) is 24.3 Å². The average Bonchev–Trinajstić information content (AvgIpc) is 3.53. The van der Waals surface area contributed by atoms with E-state index in [1.165, 1.54) is 31.0 Å². The molecule has 1 aliphatic carbocycles. The van der Waals surface area contributed by atoms with Gasteiger partial charge in [-0.25, -0.2) is 22.5 Å². The summed E-state index contributed by atoms with van der Waals surface area (Å²) >= 11 is 0. The van der Waals surface area contributed by atoms with Crippen molar-refractivity contribution < 1.29 is 12.8 Å². The molecule has 3 N–H and O–H groups in total. The summed E-state index contributed by atoms with van der Waals surface area (Å²) < 4.78 is 41.0. The highest BCUT2D eigenvalue weighted by atomic mass is 32.2. The lowest BCUT2D eigenvalue weighted by molar-refractivity contribution is 0.580. The van der Waals surface area contributed by atoms with Crippen LogP contribution in [-0.4, -0.2) is 27.5 Å². The van der Waals surface area contributed by atoms with Gasteiger partial charge in [-0.15, -0.1) is 0 Å². The van der Waals surface area contributed by atoms with Crippen LogP contribution in [0.2, 0.25) is 0 Å². The van der Waals surface area contributed by atoms with E-state index in [2.05, 4.69) is 20.3 Å². The minimum absolute atomic E-state index is 0.0259. The summed E-state index contributed by atoms with van der Waals surface area (Å²) in [7, 11) is -3.71. The molecule has 1 saturated carbocycles. The zero-order valence-electron chi connectivity index (χ0n) is 16.5. The lowest BCUT2D eigenvalue weighted by atomic mass is 10.2. The summed E-state index contributed by atoms with van der Waals surface area (Å²) in [5.41, 5.74) is 1.36. The number of nitrogens with zero attached hydrogens (tertiary/aromatic N) is 1. The van der Waals surface area contributed by atoms with Crippen LogP contribution >= 0.6 is 0 Å². The van der Waals surface area contributed by atoms with Crippen molar-refractivity contribution in [2.24, 2.45) is 10.9 Å². The SMILES string of the molecule is CCNC(=NCc1cccc(S(=O)(=O)NCc2cccc(F)c2)c1)NCC1CC1. The highest BCUT2D eigenvalue weighted by molar-refractivity contribution is 7.89. The standard InChI is InChI=1S/C21H27FN4O2S/c1-2-23-21(24-13-16-9-10-16)25-14-18-6-4-8-20(12-18)29(27,28)26-15-17-5-3-7-19(22)11-17/h3-8,11-12,16,26H,2,9-10,13-15H2,1H3,(H2,23,24,25). The van der Waals surface area contributed by atoms with Gasteiger partial charge in [0, 0.05) is 19.6 Å². The van der Waals surface area contributed by atoms with Crippen LogP contribution in [0.15, 0.2) is 58.4 Å². The average molecular weight is 419 g/mol. The van der Waals surface area contributed by atoms with Gasteiger partial charge in [0.05, 0.1) is 11.4 Å². The molecule has 0 unspecified atom stereocenters. The number of hydrogen-bond acceptors (Lipinski definition) is 3. The highest BCUT2D eigenvalue weighted by Gasteiger charge is 2.21. The number of hydrogen-bond donors (Lipinski definition) is 3. The van der Waals surface area contributed by atoms with Gasteiger partial charge in [0.2, 0.25) is 10.0 Å². The maximum atomic E-state index is 13.3. The molecule has 0 aliphatic heterocycles. The molecule has 0 radical (unpaired) electrons. The van der Waals surface area contributed by atoms with Crippen molar-refractivity contribution in [1.29, 1.82) is 0 Å². The third-order valence-electron chi connectivity index (χ3n) is 4.58. The van der Waals surface area contributed by atoms with Crippen molar-refractivity contribution in [3.8, 4) is 0 Å². The molecule has 1 fully saturated rings. The predicted octanol–water partition coefficient (Wildman–Crippen LogP) is 2.77. The number of guanidine groups is 1. The molecule has 156 valence electrons.